The predicted octanol–water partition coefficient (Wildman–Crippen LogP) is 2.96. The van der Waals surface area contributed by atoms with Gasteiger partial charge in [0.15, 0.2) is 0 Å². The van der Waals surface area contributed by atoms with Gasteiger partial charge in [0.1, 0.15) is 6.79 Å². The van der Waals surface area contributed by atoms with Crippen molar-refractivity contribution in [3.63, 3.8) is 0 Å². The van der Waals surface area contributed by atoms with Crippen molar-refractivity contribution < 1.29 is 29.0 Å². The van der Waals surface area contributed by atoms with Gasteiger partial charge in [-0.2, -0.15) is 0 Å². The van der Waals surface area contributed by atoms with E-state index in [2.05, 4.69) is 12.2 Å². The molecule has 0 heterocycles. The third-order valence-electron chi connectivity index (χ3n) is 5.47. The summed E-state index contributed by atoms with van der Waals surface area (Å²) in [4.78, 5) is 25.0. The fraction of sp³-hybridized carbons (Fsp3) is 0.583. The Hall–Kier alpha value is -2.26. The third-order valence-corrected chi connectivity index (χ3v) is 5.47. The lowest BCUT2D eigenvalue weighted by Gasteiger charge is -2.25. The first-order valence-corrected chi connectivity index (χ1v) is 11.2. The van der Waals surface area contributed by atoms with Crippen LogP contribution in [0.3, 0.4) is 0 Å². The molecule has 0 saturated heterocycles. The second-order valence-electron chi connectivity index (χ2n) is 8.17. The third kappa shape index (κ3) is 9.48. The number of benzene rings is 1. The number of allylic oxidation sites excluding steroid dienone is 1. The first-order chi connectivity index (χ1) is 15.5. The summed E-state index contributed by atoms with van der Waals surface area (Å²) < 4.78 is 16.5. The van der Waals surface area contributed by atoms with Crippen LogP contribution < -0.4 is 10.8 Å². The Labute approximate surface area is 190 Å². The average Bonchev–Trinajstić information content (AvgIpc) is 2.81. The van der Waals surface area contributed by atoms with Crippen LogP contribution in [0.15, 0.2) is 42.0 Å². The summed E-state index contributed by atoms with van der Waals surface area (Å²) in [5.74, 6) is -0.788. The molecule has 3 N–H and O–H groups in total. The van der Waals surface area contributed by atoms with Crippen molar-refractivity contribution >= 4 is 11.8 Å². The number of nitrogens with one attached hydrogen (secondary N) is 2. The smallest absolute Gasteiger partial charge is 0.248 e. The quantitative estimate of drug-likeness (QED) is 0.175. The lowest BCUT2D eigenvalue weighted by Crippen LogP contribution is -2.44. The van der Waals surface area contributed by atoms with Crippen LogP contribution in [-0.4, -0.2) is 49.7 Å². The highest BCUT2D eigenvalue weighted by atomic mass is 16.7. The summed E-state index contributed by atoms with van der Waals surface area (Å²) in [6, 6.07) is 9.18. The van der Waals surface area contributed by atoms with E-state index in [0.717, 1.165) is 30.4 Å². The van der Waals surface area contributed by atoms with Crippen LogP contribution in [0.4, 0.5) is 0 Å². The molecule has 8 nitrogen and oxygen atoms in total. The van der Waals surface area contributed by atoms with Gasteiger partial charge >= 0.3 is 0 Å². The molecule has 3 atom stereocenters. The molecule has 178 valence electrons. The van der Waals surface area contributed by atoms with E-state index in [9.17, 15) is 14.8 Å². The Kier molecular flexibility index (Phi) is 12.0. The predicted molar refractivity (Wildman–Crippen MR) is 120 cm³/mol. The topological polar surface area (TPSA) is 106 Å². The Morgan fingerprint density at radius 2 is 1.94 bits per heavy atom. The van der Waals surface area contributed by atoms with Crippen molar-refractivity contribution in [1.29, 1.82) is 0 Å². The fourth-order valence-corrected chi connectivity index (χ4v) is 3.53. The highest BCUT2D eigenvalue weighted by molar-refractivity contribution is 5.93. The molecule has 1 unspecified atom stereocenters. The zero-order valence-electron chi connectivity index (χ0n) is 19.0. The Morgan fingerprint density at radius 3 is 2.59 bits per heavy atom. The molecule has 0 spiro atoms. The van der Waals surface area contributed by atoms with Crippen molar-refractivity contribution in [1.82, 2.24) is 10.8 Å². The summed E-state index contributed by atoms with van der Waals surface area (Å²) in [5, 5.41) is 12.2. The number of carbonyl (C=O) groups is 2. The number of hydroxylamine groups is 1. The maximum absolute atomic E-state index is 12.8. The molecule has 8 heteroatoms. The SMILES string of the molecule is CCOCOC[C@H](C[C@H](COCc1ccccc1)C(=O)NO)NC(=O)C1=CCC(C)CC1. The maximum atomic E-state index is 12.8. The van der Waals surface area contributed by atoms with Gasteiger partial charge in [-0.15, -0.1) is 0 Å². The minimum absolute atomic E-state index is 0.0966. The van der Waals surface area contributed by atoms with Crippen LogP contribution in [0.2, 0.25) is 0 Å². The van der Waals surface area contributed by atoms with Gasteiger partial charge in [0.2, 0.25) is 11.8 Å². The van der Waals surface area contributed by atoms with Gasteiger partial charge in [0.05, 0.1) is 31.8 Å². The maximum Gasteiger partial charge on any atom is 0.248 e. The van der Waals surface area contributed by atoms with Gasteiger partial charge in [0.25, 0.3) is 0 Å². The molecular formula is C24H36N2O6. The first-order valence-electron chi connectivity index (χ1n) is 11.2. The zero-order valence-corrected chi connectivity index (χ0v) is 19.0. The molecule has 0 saturated carbocycles. The molecule has 32 heavy (non-hydrogen) atoms. The summed E-state index contributed by atoms with van der Waals surface area (Å²) in [6.45, 7) is 5.28. The second kappa shape index (κ2) is 14.7. The standard InChI is InChI=1S/C24H36N2O6/c1-3-30-17-32-16-22(25-23(27)20-11-9-18(2)10-12-20)13-21(24(28)26-29)15-31-14-19-7-5-4-6-8-19/h4-8,11,18,21-22,29H,3,9-10,12-17H2,1-2H3,(H,25,27)(H,26,28)/t18?,21-,22+/m1/s1. The van der Waals surface area contributed by atoms with Crippen LogP contribution in [-0.2, 0) is 30.4 Å². The number of rotatable bonds is 14. The van der Waals surface area contributed by atoms with Gasteiger partial charge in [-0.05, 0) is 44.1 Å². The molecule has 1 aromatic rings. The lowest BCUT2D eigenvalue weighted by atomic mass is 9.90. The summed E-state index contributed by atoms with van der Waals surface area (Å²) >= 11 is 0. The first kappa shape index (κ1) is 26.0. The monoisotopic (exact) mass is 448 g/mol. The van der Waals surface area contributed by atoms with Crippen molar-refractivity contribution in [2.45, 2.75) is 52.2 Å². The van der Waals surface area contributed by atoms with E-state index in [1.807, 2.05) is 43.3 Å². The average molecular weight is 449 g/mol. The van der Waals surface area contributed by atoms with E-state index in [0.29, 0.717) is 19.1 Å². The van der Waals surface area contributed by atoms with Crippen molar-refractivity contribution in [3.8, 4) is 0 Å². The molecule has 0 fully saturated rings. The van der Waals surface area contributed by atoms with Crippen LogP contribution in [0.1, 0.15) is 45.1 Å². The molecule has 1 aliphatic rings. The lowest BCUT2D eigenvalue weighted by molar-refractivity contribution is -0.137. The normalized spacial score (nSPS) is 17.8. The van der Waals surface area contributed by atoms with Crippen molar-refractivity contribution in [2.75, 3.05) is 26.6 Å². The molecule has 2 amide bonds. The van der Waals surface area contributed by atoms with E-state index in [1.165, 1.54) is 0 Å². The molecule has 0 aromatic heterocycles. The van der Waals surface area contributed by atoms with Crippen LogP contribution in [0.5, 0.6) is 0 Å². The fourth-order valence-electron chi connectivity index (χ4n) is 3.53. The number of carbonyl (C=O) groups excluding carboxylic acids is 2. The van der Waals surface area contributed by atoms with Crippen molar-refractivity contribution in [2.24, 2.45) is 11.8 Å². The molecular weight excluding hydrogens is 412 g/mol. The highest BCUT2D eigenvalue weighted by Crippen LogP contribution is 2.23. The van der Waals surface area contributed by atoms with Gasteiger partial charge in [-0.1, -0.05) is 43.3 Å². The number of ether oxygens (including phenoxy) is 3. The van der Waals surface area contributed by atoms with E-state index >= 15 is 0 Å². The van der Waals surface area contributed by atoms with Crippen LogP contribution >= 0.6 is 0 Å². The van der Waals surface area contributed by atoms with E-state index in [-0.39, 0.29) is 32.3 Å². The van der Waals surface area contributed by atoms with Gasteiger partial charge in [-0.25, -0.2) is 5.48 Å². The Bertz CT molecular complexity index is 724. The van der Waals surface area contributed by atoms with Crippen molar-refractivity contribution in [3.05, 3.63) is 47.5 Å². The summed E-state index contributed by atoms with van der Waals surface area (Å²) in [7, 11) is 0. The number of hydrogen-bond acceptors (Lipinski definition) is 6. The minimum Gasteiger partial charge on any atom is -0.376 e. The zero-order chi connectivity index (χ0) is 23.2. The molecule has 0 bridgehead atoms. The van der Waals surface area contributed by atoms with Gasteiger partial charge in [0, 0.05) is 12.2 Å². The Balaban J connectivity index is 1.97. The second-order valence-corrected chi connectivity index (χ2v) is 8.17. The number of hydrogen-bond donors (Lipinski definition) is 3. The largest absolute Gasteiger partial charge is 0.376 e. The summed E-state index contributed by atoms with van der Waals surface area (Å²) in [6.07, 6.45) is 4.84. The number of amides is 2. The van der Waals surface area contributed by atoms with Crippen LogP contribution in [0, 0.1) is 11.8 Å². The van der Waals surface area contributed by atoms with E-state index < -0.39 is 17.9 Å². The summed E-state index contributed by atoms with van der Waals surface area (Å²) in [5.41, 5.74) is 3.46. The van der Waals surface area contributed by atoms with Gasteiger partial charge in [-0.3, -0.25) is 14.8 Å². The molecule has 0 aliphatic heterocycles. The van der Waals surface area contributed by atoms with Crippen LogP contribution in [0.25, 0.3) is 0 Å². The molecule has 1 aliphatic carbocycles. The minimum atomic E-state index is -0.662. The highest BCUT2D eigenvalue weighted by Gasteiger charge is 2.26. The van der Waals surface area contributed by atoms with Gasteiger partial charge < -0.3 is 19.5 Å². The molecule has 0 radical (unpaired) electrons. The van der Waals surface area contributed by atoms with E-state index in [4.69, 9.17) is 14.2 Å². The molecule has 2 rings (SSSR count). The Morgan fingerprint density at radius 1 is 1.16 bits per heavy atom. The van der Waals surface area contributed by atoms with E-state index in [1.54, 1.807) is 5.48 Å². The molecule has 1 aromatic carbocycles.